The molecule has 9 heteroatoms. The molecule has 0 radical (unpaired) electrons. The van der Waals surface area contributed by atoms with Crippen molar-refractivity contribution in [1.29, 1.82) is 0 Å². The zero-order valence-electron chi connectivity index (χ0n) is 16.5. The van der Waals surface area contributed by atoms with Gasteiger partial charge in [-0.1, -0.05) is 17.7 Å². The van der Waals surface area contributed by atoms with Crippen molar-refractivity contribution in [2.45, 2.75) is 0 Å². The molecule has 0 spiro atoms. The van der Waals surface area contributed by atoms with Gasteiger partial charge in [-0.3, -0.25) is 0 Å². The Morgan fingerprint density at radius 3 is 2.39 bits per heavy atom. The summed E-state index contributed by atoms with van der Waals surface area (Å²) < 4.78 is 13.3. The minimum Gasteiger partial charge on any atom is -0.368 e. The number of halogens is 2. The summed E-state index contributed by atoms with van der Waals surface area (Å²) in [5, 5.41) is 3.95. The van der Waals surface area contributed by atoms with Crippen LogP contribution in [0.4, 0.5) is 27.5 Å². The molecule has 5 rings (SSSR count). The average Bonchev–Trinajstić information content (AvgIpc) is 2.80. The Morgan fingerprint density at radius 1 is 0.871 bits per heavy atom. The van der Waals surface area contributed by atoms with Crippen molar-refractivity contribution in [1.82, 2.24) is 19.9 Å². The van der Waals surface area contributed by atoms with Crippen LogP contribution >= 0.6 is 11.6 Å². The van der Waals surface area contributed by atoms with Gasteiger partial charge >= 0.3 is 0 Å². The van der Waals surface area contributed by atoms with E-state index in [0.29, 0.717) is 28.6 Å². The van der Waals surface area contributed by atoms with Crippen LogP contribution in [0.5, 0.6) is 0 Å². The molecule has 31 heavy (non-hydrogen) atoms. The molecule has 2 aromatic heterocycles. The first kappa shape index (κ1) is 19.4. The minimum atomic E-state index is -0.295. The van der Waals surface area contributed by atoms with E-state index < -0.39 is 0 Å². The second-order valence-electron chi connectivity index (χ2n) is 7.19. The molecule has 0 saturated carbocycles. The van der Waals surface area contributed by atoms with Crippen LogP contribution in [0.3, 0.4) is 0 Å². The second-order valence-corrected chi connectivity index (χ2v) is 7.62. The van der Waals surface area contributed by atoms with Crippen LogP contribution in [0.25, 0.3) is 11.2 Å². The molecular formula is C22H19ClFN7. The van der Waals surface area contributed by atoms with Crippen molar-refractivity contribution in [2.24, 2.45) is 0 Å². The molecule has 3 heterocycles. The number of piperazine rings is 1. The maximum atomic E-state index is 13.3. The highest BCUT2D eigenvalue weighted by Gasteiger charge is 2.21. The van der Waals surface area contributed by atoms with E-state index in [4.69, 9.17) is 16.6 Å². The lowest BCUT2D eigenvalue weighted by molar-refractivity contribution is 0.628. The molecule has 0 aliphatic carbocycles. The second kappa shape index (κ2) is 8.31. The van der Waals surface area contributed by atoms with Gasteiger partial charge in [-0.05, 0) is 42.5 Å². The molecule has 2 aromatic carbocycles. The van der Waals surface area contributed by atoms with Gasteiger partial charge in [0.1, 0.15) is 5.82 Å². The number of fused-ring (bicyclic) bond motifs is 1. The first-order chi connectivity index (χ1) is 15.2. The molecule has 1 saturated heterocycles. The summed E-state index contributed by atoms with van der Waals surface area (Å²) in [6.45, 7) is 3.16. The van der Waals surface area contributed by atoms with Crippen LogP contribution in [0.2, 0.25) is 5.02 Å². The molecule has 1 fully saturated rings. The third-order valence-electron chi connectivity index (χ3n) is 5.16. The SMILES string of the molecule is Fc1ccc(Nc2nc(N3CCN(c4cccc(Cl)c4)CC3)nc3nccnc23)cc1. The van der Waals surface area contributed by atoms with E-state index in [9.17, 15) is 4.39 Å². The largest absolute Gasteiger partial charge is 0.368 e. The standard InChI is InChI=1S/C22H19ClFN7/c23-15-2-1-3-18(14-15)30-10-12-31(13-11-30)22-28-20-19(25-8-9-26-20)21(29-22)27-17-6-4-16(24)5-7-17/h1-9,14H,10-13H2,(H,26,27,28,29). The molecule has 4 aromatic rings. The van der Waals surface area contributed by atoms with Crippen LogP contribution in [0, 0.1) is 5.82 Å². The molecule has 0 bridgehead atoms. The van der Waals surface area contributed by atoms with Crippen LogP contribution < -0.4 is 15.1 Å². The summed E-state index contributed by atoms with van der Waals surface area (Å²) >= 11 is 6.14. The Bertz CT molecular complexity index is 1210. The van der Waals surface area contributed by atoms with E-state index in [-0.39, 0.29) is 5.82 Å². The highest BCUT2D eigenvalue weighted by atomic mass is 35.5. The maximum absolute atomic E-state index is 13.3. The number of hydrogen-bond acceptors (Lipinski definition) is 7. The minimum absolute atomic E-state index is 0.295. The van der Waals surface area contributed by atoms with Crippen LogP contribution in [-0.2, 0) is 0 Å². The van der Waals surface area contributed by atoms with Crippen molar-refractivity contribution >= 4 is 45.9 Å². The average molecular weight is 436 g/mol. The Kier molecular flexibility index (Phi) is 5.21. The molecule has 0 unspecified atom stereocenters. The lowest BCUT2D eigenvalue weighted by Gasteiger charge is -2.36. The van der Waals surface area contributed by atoms with E-state index >= 15 is 0 Å². The van der Waals surface area contributed by atoms with E-state index in [0.717, 1.165) is 36.9 Å². The number of nitrogens with one attached hydrogen (secondary N) is 1. The first-order valence-corrected chi connectivity index (χ1v) is 10.3. The van der Waals surface area contributed by atoms with Crippen molar-refractivity contribution in [3.8, 4) is 0 Å². The van der Waals surface area contributed by atoms with Crippen molar-refractivity contribution in [3.05, 3.63) is 71.8 Å². The Morgan fingerprint density at radius 2 is 1.61 bits per heavy atom. The van der Waals surface area contributed by atoms with Gasteiger partial charge in [-0.25, -0.2) is 14.4 Å². The number of benzene rings is 2. The molecule has 7 nitrogen and oxygen atoms in total. The normalized spacial score (nSPS) is 14.1. The number of anilines is 4. The van der Waals surface area contributed by atoms with Crippen molar-refractivity contribution < 1.29 is 4.39 Å². The summed E-state index contributed by atoms with van der Waals surface area (Å²) in [6.07, 6.45) is 3.21. The number of rotatable bonds is 4. The number of aromatic nitrogens is 4. The van der Waals surface area contributed by atoms with Crippen molar-refractivity contribution in [3.63, 3.8) is 0 Å². The van der Waals surface area contributed by atoms with Gasteiger partial charge in [-0.2, -0.15) is 9.97 Å². The molecule has 0 amide bonds. The van der Waals surface area contributed by atoms with Gasteiger partial charge in [0.2, 0.25) is 5.95 Å². The molecule has 1 N–H and O–H groups in total. The highest BCUT2D eigenvalue weighted by Crippen LogP contribution is 2.26. The lowest BCUT2D eigenvalue weighted by Crippen LogP contribution is -2.47. The first-order valence-electron chi connectivity index (χ1n) is 9.92. The molecule has 156 valence electrons. The Hall–Kier alpha value is -3.52. The van der Waals surface area contributed by atoms with E-state index in [1.165, 1.54) is 12.1 Å². The molecule has 0 atom stereocenters. The quantitative estimate of drug-likeness (QED) is 0.513. The van der Waals surface area contributed by atoms with Gasteiger partial charge in [0.15, 0.2) is 17.0 Å². The molecule has 1 aliphatic rings. The highest BCUT2D eigenvalue weighted by molar-refractivity contribution is 6.30. The predicted molar refractivity (Wildman–Crippen MR) is 121 cm³/mol. The Labute approximate surface area is 183 Å². The number of hydrogen-bond donors (Lipinski definition) is 1. The third kappa shape index (κ3) is 4.20. The Balaban J connectivity index is 1.40. The predicted octanol–water partition coefficient (Wildman–Crippen LogP) is 4.28. The third-order valence-corrected chi connectivity index (χ3v) is 5.40. The fourth-order valence-electron chi connectivity index (χ4n) is 3.59. The van der Waals surface area contributed by atoms with E-state index in [1.807, 2.05) is 18.2 Å². The summed E-state index contributed by atoms with van der Waals surface area (Å²) in [7, 11) is 0. The van der Waals surface area contributed by atoms with Gasteiger partial charge in [0.25, 0.3) is 0 Å². The fourth-order valence-corrected chi connectivity index (χ4v) is 3.77. The van der Waals surface area contributed by atoms with Crippen LogP contribution in [0.1, 0.15) is 0 Å². The van der Waals surface area contributed by atoms with Crippen LogP contribution in [0.15, 0.2) is 60.9 Å². The zero-order chi connectivity index (χ0) is 21.2. The van der Waals surface area contributed by atoms with Gasteiger partial charge in [0.05, 0.1) is 0 Å². The molecule has 1 aliphatic heterocycles. The van der Waals surface area contributed by atoms with Gasteiger partial charge in [0, 0.05) is 55.0 Å². The van der Waals surface area contributed by atoms with E-state index in [2.05, 4.69) is 36.1 Å². The van der Waals surface area contributed by atoms with Gasteiger partial charge < -0.3 is 15.1 Å². The molecular weight excluding hydrogens is 417 g/mol. The summed E-state index contributed by atoms with van der Waals surface area (Å²) in [5.41, 5.74) is 2.89. The van der Waals surface area contributed by atoms with Crippen molar-refractivity contribution in [2.75, 3.05) is 41.3 Å². The summed E-state index contributed by atoms with van der Waals surface area (Å²) in [6, 6.07) is 14.0. The summed E-state index contributed by atoms with van der Waals surface area (Å²) in [5.74, 6) is 0.830. The van der Waals surface area contributed by atoms with Crippen LogP contribution in [-0.4, -0.2) is 46.1 Å². The topological polar surface area (TPSA) is 70.1 Å². The maximum Gasteiger partial charge on any atom is 0.229 e. The number of nitrogens with zero attached hydrogens (tertiary/aromatic N) is 6. The fraction of sp³-hybridized carbons (Fsp3) is 0.182. The lowest BCUT2D eigenvalue weighted by atomic mass is 10.2. The smallest absolute Gasteiger partial charge is 0.229 e. The monoisotopic (exact) mass is 435 g/mol. The summed E-state index contributed by atoms with van der Waals surface area (Å²) in [4.78, 5) is 22.5. The van der Waals surface area contributed by atoms with Gasteiger partial charge in [-0.15, -0.1) is 0 Å². The van der Waals surface area contributed by atoms with E-state index in [1.54, 1.807) is 24.5 Å². The zero-order valence-corrected chi connectivity index (χ0v) is 17.3.